The SMILES string of the molecule is COc1ccc(C(N[C@H]2C(O)O[C@H](CO)[C@@H](O)[C@@H]2O)P(=O)(OC(C)C)OC(C)C)cc1. The van der Waals surface area contributed by atoms with Crippen molar-refractivity contribution in [1.29, 1.82) is 0 Å². The Morgan fingerprint density at radius 2 is 1.58 bits per heavy atom. The standard InChI is InChI=1S/C20H34NO9P/c1-11(2)29-31(26,30-12(3)4)19(13-6-8-14(27-5)9-7-13)21-16-18(24)17(23)15(10-22)28-20(16)25/h6-9,11-12,15-25H,10H2,1-5H3/t15-,16-,17-,18-,19?,20?/m1/s1. The topological polar surface area (TPSA) is 147 Å². The first-order valence-corrected chi connectivity index (χ1v) is 11.8. The number of hydrogen-bond acceptors (Lipinski definition) is 10. The van der Waals surface area contributed by atoms with Gasteiger partial charge in [-0.3, -0.25) is 9.88 Å². The zero-order valence-corrected chi connectivity index (χ0v) is 19.3. The summed E-state index contributed by atoms with van der Waals surface area (Å²) in [5.41, 5.74) is 0.489. The first kappa shape index (κ1) is 26.2. The molecule has 5 N–H and O–H groups in total. The van der Waals surface area contributed by atoms with Crippen molar-refractivity contribution in [3.05, 3.63) is 29.8 Å². The molecule has 6 atom stereocenters. The van der Waals surface area contributed by atoms with E-state index in [1.807, 2.05) is 0 Å². The quantitative estimate of drug-likeness (QED) is 0.320. The lowest BCUT2D eigenvalue weighted by Gasteiger charge is -2.42. The summed E-state index contributed by atoms with van der Waals surface area (Å²) in [5, 5.41) is 43.4. The van der Waals surface area contributed by atoms with Crippen molar-refractivity contribution < 1.29 is 43.5 Å². The molecule has 0 aliphatic carbocycles. The molecule has 1 saturated heterocycles. The first-order chi connectivity index (χ1) is 14.5. The molecule has 1 heterocycles. The van der Waals surface area contributed by atoms with Gasteiger partial charge in [0.15, 0.2) is 6.29 Å². The summed E-state index contributed by atoms with van der Waals surface area (Å²) in [6.07, 6.45) is -6.65. The first-order valence-electron chi connectivity index (χ1n) is 10.2. The molecular formula is C20H34NO9P. The minimum Gasteiger partial charge on any atom is -0.497 e. The highest BCUT2D eigenvalue weighted by Gasteiger charge is 2.48. The van der Waals surface area contributed by atoms with Crippen LogP contribution in [0.4, 0.5) is 0 Å². The molecular weight excluding hydrogens is 429 g/mol. The van der Waals surface area contributed by atoms with Crippen molar-refractivity contribution >= 4 is 7.60 Å². The van der Waals surface area contributed by atoms with Crippen LogP contribution >= 0.6 is 7.60 Å². The minimum atomic E-state index is -3.91. The van der Waals surface area contributed by atoms with E-state index in [1.54, 1.807) is 52.0 Å². The van der Waals surface area contributed by atoms with E-state index in [0.29, 0.717) is 11.3 Å². The summed E-state index contributed by atoms with van der Waals surface area (Å²) in [6.45, 7) is 6.26. The van der Waals surface area contributed by atoms with Crippen molar-refractivity contribution in [3.8, 4) is 5.75 Å². The van der Waals surface area contributed by atoms with Gasteiger partial charge in [-0.05, 0) is 45.4 Å². The van der Waals surface area contributed by atoms with E-state index >= 15 is 0 Å². The molecule has 2 rings (SSSR count). The number of aliphatic hydroxyl groups excluding tert-OH is 4. The largest absolute Gasteiger partial charge is 0.497 e. The summed E-state index contributed by atoms with van der Waals surface area (Å²) >= 11 is 0. The molecule has 1 fully saturated rings. The predicted molar refractivity (Wildman–Crippen MR) is 113 cm³/mol. The lowest BCUT2D eigenvalue weighted by molar-refractivity contribution is -0.255. The van der Waals surface area contributed by atoms with Gasteiger partial charge in [0.2, 0.25) is 0 Å². The summed E-state index contributed by atoms with van der Waals surface area (Å²) in [5.74, 6) is -0.534. The Labute approximate surface area is 182 Å². The van der Waals surface area contributed by atoms with Gasteiger partial charge in [0.25, 0.3) is 0 Å². The molecule has 0 amide bonds. The normalized spacial score (nSPS) is 28.2. The van der Waals surface area contributed by atoms with Crippen molar-refractivity contribution in [2.75, 3.05) is 13.7 Å². The van der Waals surface area contributed by atoms with Gasteiger partial charge in [0, 0.05) is 0 Å². The molecule has 0 radical (unpaired) electrons. The average molecular weight is 463 g/mol. The van der Waals surface area contributed by atoms with E-state index in [1.165, 1.54) is 7.11 Å². The number of nitrogens with one attached hydrogen (secondary N) is 1. The minimum absolute atomic E-state index is 0.450. The van der Waals surface area contributed by atoms with Crippen molar-refractivity contribution in [3.63, 3.8) is 0 Å². The molecule has 0 aromatic heterocycles. The van der Waals surface area contributed by atoms with Gasteiger partial charge in [-0.15, -0.1) is 0 Å². The van der Waals surface area contributed by atoms with Gasteiger partial charge in [0.05, 0.1) is 32.0 Å². The van der Waals surface area contributed by atoms with Crippen molar-refractivity contribution in [2.24, 2.45) is 0 Å². The lowest BCUT2D eigenvalue weighted by Crippen LogP contribution is -2.63. The molecule has 1 aromatic rings. The molecule has 0 spiro atoms. The Hall–Kier alpha value is -1.07. The van der Waals surface area contributed by atoms with Crippen LogP contribution < -0.4 is 10.1 Å². The van der Waals surface area contributed by atoms with E-state index in [0.717, 1.165) is 0 Å². The van der Waals surface area contributed by atoms with E-state index in [4.69, 9.17) is 18.5 Å². The highest BCUT2D eigenvalue weighted by atomic mass is 31.2. The van der Waals surface area contributed by atoms with Gasteiger partial charge < -0.3 is 38.9 Å². The summed E-state index contributed by atoms with van der Waals surface area (Å²) in [7, 11) is -2.39. The third-order valence-corrected chi connectivity index (χ3v) is 7.22. The maximum atomic E-state index is 13.9. The van der Waals surface area contributed by atoms with E-state index in [2.05, 4.69) is 5.32 Å². The lowest BCUT2D eigenvalue weighted by atomic mass is 9.97. The fourth-order valence-electron chi connectivity index (χ4n) is 3.35. The van der Waals surface area contributed by atoms with Crippen LogP contribution in [-0.2, 0) is 18.3 Å². The molecule has 1 aliphatic heterocycles. The Morgan fingerprint density at radius 3 is 2.03 bits per heavy atom. The Bertz CT molecular complexity index is 716. The van der Waals surface area contributed by atoms with E-state index < -0.39 is 62.8 Å². The van der Waals surface area contributed by atoms with Crippen LogP contribution in [0.2, 0.25) is 0 Å². The van der Waals surface area contributed by atoms with Crippen LogP contribution in [0.15, 0.2) is 24.3 Å². The summed E-state index contributed by atoms with van der Waals surface area (Å²) in [6, 6.07) is 5.40. The van der Waals surface area contributed by atoms with E-state index in [9.17, 15) is 25.0 Å². The number of rotatable bonds is 10. The molecule has 178 valence electrons. The smallest absolute Gasteiger partial charge is 0.352 e. The molecule has 0 saturated carbocycles. The molecule has 10 nitrogen and oxygen atoms in total. The Balaban J connectivity index is 2.46. The van der Waals surface area contributed by atoms with Gasteiger partial charge in [-0.2, -0.15) is 0 Å². The van der Waals surface area contributed by atoms with Crippen LogP contribution in [0.3, 0.4) is 0 Å². The molecule has 0 bridgehead atoms. The molecule has 31 heavy (non-hydrogen) atoms. The fraction of sp³-hybridized carbons (Fsp3) is 0.700. The number of ether oxygens (including phenoxy) is 2. The zero-order valence-electron chi connectivity index (χ0n) is 18.4. The maximum absolute atomic E-state index is 13.9. The number of aliphatic hydroxyl groups is 4. The second-order valence-electron chi connectivity index (χ2n) is 7.95. The zero-order chi connectivity index (χ0) is 23.3. The summed E-state index contributed by atoms with van der Waals surface area (Å²) < 4.78 is 35.8. The number of methoxy groups -OCH3 is 1. The number of benzene rings is 1. The molecule has 2 unspecified atom stereocenters. The van der Waals surface area contributed by atoms with E-state index in [-0.39, 0.29) is 0 Å². The van der Waals surface area contributed by atoms with Crippen LogP contribution in [0.5, 0.6) is 5.75 Å². The maximum Gasteiger partial charge on any atom is 0.352 e. The third kappa shape index (κ3) is 6.47. The second-order valence-corrected chi connectivity index (χ2v) is 9.96. The molecule has 11 heteroatoms. The Morgan fingerprint density at radius 1 is 1.03 bits per heavy atom. The highest BCUT2D eigenvalue weighted by Crippen LogP contribution is 2.61. The van der Waals surface area contributed by atoms with Gasteiger partial charge in [-0.1, -0.05) is 12.1 Å². The molecule has 1 aliphatic rings. The fourth-order valence-corrected chi connectivity index (χ4v) is 5.71. The highest BCUT2D eigenvalue weighted by molar-refractivity contribution is 7.54. The molecule has 1 aromatic carbocycles. The third-order valence-electron chi connectivity index (χ3n) is 4.71. The Kier molecular flexibility index (Phi) is 9.44. The predicted octanol–water partition coefficient (Wildman–Crippen LogP) is 1.13. The summed E-state index contributed by atoms with van der Waals surface area (Å²) in [4.78, 5) is 0. The van der Waals surface area contributed by atoms with Gasteiger partial charge in [-0.25, -0.2) is 0 Å². The van der Waals surface area contributed by atoms with Gasteiger partial charge >= 0.3 is 7.60 Å². The monoisotopic (exact) mass is 463 g/mol. The average Bonchev–Trinajstić information content (AvgIpc) is 2.69. The second kappa shape index (κ2) is 11.2. The van der Waals surface area contributed by atoms with Gasteiger partial charge in [0.1, 0.15) is 29.8 Å². The van der Waals surface area contributed by atoms with Crippen LogP contribution in [-0.4, -0.2) is 77.0 Å². The van der Waals surface area contributed by atoms with Crippen molar-refractivity contribution in [1.82, 2.24) is 5.32 Å². The van der Waals surface area contributed by atoms with Crippen LogP contribution in [0.25, 0.3) is 0 Å². The van der Waals surface area contributed by atoms with Crippen LogP contribution in [0.1, 0.15) is 39.0 Å². The number of hydrogen-bond donors (Lipinski definition) is 5. The van der Waals surface area contributed by atoms with Crippen molar-refractivity contribution in [2.45, 2.75) is 76.3 Å². The van der Waals surface area contributed by atoms with Crippen LogP contribution in [0, 0.1) is 0 Å².